The van der Waals surface area contributed by atoms with Gasteiger partial charge in [-0.1, -0.05) is 62.6 Å². The fourth-order valence-electron chi connectivity index (χ4n) is 3.34. The first-order valence-corrected chi connectivity index (χ1v) is 9.45. The van der Waals surface area contributed by atoms with Crippen LogP contribution in [-0.2, 0) is 6.42 Å². The minimum absolute atomic E-state index is 0.214. The highest BCUT2D eigenvalue weighted by Crippen LogP contribution is 2.32. The highest BCUT2D eigenvalue weighted by molar-refractivity contribution is 5.88. The van der Waals surface area contributed by atoms with Crippen molar-refractivity contribution < 1.29 is 22.3 Å². The number of aryl methyl sites for hydroxylation is 1. The Hall–Kier alpha value is -2.56. The molecular formula is C23H22F4O. The fourth-order valence-corrected chi connectivity index (χ4v) is 3.34. The molecule has 0 spiro atoms. The Kier molecular flexibility index (Phi) is 6.55. The molecule has 3 aromatic carbocycles. The van der Waals surface area contributed by atoms with Gasteiger partial charge in [-0.3, -0.25) is 0 Å². The van der Waals surface area contributed by atoms with Gasteiger partial charge in [-0.25, -0.2) is 8.78 Å². The Bertz CT molecular complexity index is 953. The highest BCUT2D eigenvalue weighted by atomic mass is 19.3. The van der Waals surface area contributed by atoms with Crippen molar-refractivity contribution in [3.8, 4) is 16.9 Å². The van der Waals surface area contributed by atoms with E-state index in [1.54, 1.807) is 18.2 Å². The Balaban J connectivity index is 1.87. The lowest BCUT2D eigenvalue weighted by molar-refractivity contribution is -0.0521. The maximum Gasteiger partial charge on any atom is 0.387 e. The SMILES string of the molecule is CCCCCCc1ccc2c(F)c(-c3ccc(OC(F)F)c(F)c3)ccc2c1. The van der Waals surface area contributed by atoms with Crippen molar-refractivity contribution in [2.45, 2.75) is 45.6 Å². The number of benzene rings is 3. The normalized spacial score (nSPS) is 11.4. The monoisotopic (exact) mass is 390 g/mol. The molecule has 5 heteroatoms. The Morgan fingerprint density at radius 2 is 1.71 bits per heavy atom. The molecule has 3 aromatic rings. The minimum atomic E-state index is -3.12. The third kappa shape index (κ3) is 4.64. The largest absolute Gasteiger partial charge is 0.432 e. The third-order valence-electron chi connectivity index (χ3n) is 4.80. The van der Waals surface area contributed by atoms with Gasteiger partial charge in [0.25, 0.3) is 0 Å². The van der Waals surface area contributed by atoms with Gasteiger partial charge in [0.05, 0.1) is 0 Å². The zero-order valence-corrected chi connectivity index (χ0v) is 15.7. The van der Waals surface area contributed by atoms with Crippen LogP contribution in [0.5, 0.6) is 5.75 Å². The molecular weight excluding hydrogens is 368 g/mol. The van der Waals surface area contributed by atoms with E-state index in [2.05, 4.69) is 11.7 Å². The second-order valence-corrected chi connectivity index (χ2v) is 6.82. The van der Waals surface area contributed by atoms with Crippen molar-refractivity contribution >= 4 is 10.8 Å². The number of hydrogen-bond acceptors (Lipinski definition) is 1. The summed E-state index contributed by atoms with van der Waals surface area (Å²) in [5.41, 5.74) is 1.64. The van der Waals surface area contributed by atoms with Gasteiger partial charge in [0.1, 0.15) is 5.82 Å². The van der Waals surface area contributed by atoms with Crippen LogP contribution < -0.4 is 4.74 Å². The number of hydrogen-bond donors (Lipinski definition) is 0. The van der Waals surface area contributed by atoms with Crippen LogP contribution >= 0.6 is 0 Å². The van der Waals surface area contributed by atoms with E-state index < -0.39 is 24.0 Å². The number of halogens is 4. The van der Waals surface area contributed by atoms with Crippen molar-refractivity contribution in [2.24, 2.45) is 0 Å². The first-order chi connectivity index (χ1) is 13.5. The van der Waals surface area contributed by atoms with Gasteiger partial charge in [-0.15, -0.1) is 0 Å². The summed E-state index contributed by atoms with van der Waals surface area (Å²) in [5.74, 6) is -1.98. The molecule has 148 valence electrons. The molecule has 0 atom stereocenters. The second kappa shape index (κ2) is 9.09. The molecule has 0 aliphatic heterocycles. The van der Waals surface area contributed by atoms with E-state index in [4.69, 9.17) is 0 Å². The molecule has 0 fully saturated rings. The molecule has 0 aliphatic carbocycles. The zero-order chi connectivity index (χ0) is 20.1. The Morgan fingerprint density at radius 3 is 2.43 bits per heavy atom. The fraction of sp³-hybridized carbons (Fsp3) is 0.304. The van der Waals surface area contributed by atoms with Crippen LogP contribution in [0.15, 0.2) is 48.5 Å². The molecule has 0 aromatic heterocycles. The van der Waals surface area contributed by atoms with E-state index in [1.807, 2.05) is 12.1 Å². The number of rotatable bonds is 8. The molecule has 3 rings (SSSR count). The first-order valence-electron chi connectivity index (χ1n) is 9.45. The van der Waals surface area contributed by atoms with Crippen molar-refractivity contribution in [1.82, 2.24) is 0 Å². The minimum Gasteiger partial charge on any atom is -0.432 e. The molecule has 0 amide bonds. The van der Waals surface area contributed by atoms with E-state index >= 15 is 4.39 Å². The van der Waals surface area contributed by atoms with Crippen molar-refractivity contribution in [3.63, 3.8) is 0 Å². The topological polar surface area (TPSA) is 9.23 Å². The highest BCUT2D eigenvalue weighted by Gasteiger charge is 2.14. The van der Waals surface area contributed by atoms with Gasteiger partial charge in [0, 0.05) is 10.9 Å². The van der Waals surface area contributed by atoms with E-state index in [1.165, 1.54) is 25.3 Å². The standard InChI is InChI=1S/C23H22F4O/c1-2-3-4-5-6-15-7-10-18-16(13-15)8-11-19(22(18)25)17-9-12-21(20(24)14-17)28-23(26)27/h7-14,23H,2-6H2,1H3. The maximum atomic E-state index is 15.0. The summed E-state index contributed by atoms with van der Waals surface area (Å²) in [7, 11) is 0. The van der Waals surface area contributed by atoms with Crippen LogP contribution in [0.1, 0.15) is 38.2 Å². The van der Waals surface area contributed by atoms with Crippen molar-refractivity contribution in [2.75, 3.05) is 0 Å². The molecule has 0 aliphatic rings. The quantitative estimate of drug-likeness (QED) is 0.286. The molecule has 28 heavy (non-hydrogen) atoms. The lowest BCUT2D eigenvalue weighted by Gasteiger charge is -2.11. The van der Waals surface area contributed by atoms with Crippen LogP contribution in [0.4, 0.5) is 17.6 Å². The molecule has 0 N–H and O–H groups in total. The smallest absolute Gasteiger partial charge is 0.387 e. The molecule has 1 nitrogen and oxygen atoms in total. The lowest BCUT2D eigenvalue weighted by atomic mass is 9.97. The van der Waals surface area contributed by atoms with Gasteiger partial charge in [-0.2, -0.15) is 8.78 Å². The van der Waals surface area contributed by atoms with Crippen LogP contribution in [0.2, 0.25) is 0 Å². The van der Waals surface area contributed by atoms with E-state index in [0.717, 1.165) is 35.9 Å². The maximum absolute atomic E-state index is 15.0. The number of unbranched alkanes of at least 4 members (excludes halogenated alkanes) is 3. The summed E-state index contributed by atoms with van der Waals surface area (Å²) in [5, 5.41) is 1.23. The average Bonchev–Trinajstić information content (AvgIpc) is 2.67. The van der Waals surface area contributed by atoms with Gasteiger partial charge < -0.3 is 4.74 Å². The third-order valence-corrected chi connectivity index (χ3v) is 4.80. The molecule has 0 radical (unpaired) electrons. The van der Waals surface area contributed by atoms with E-state index in [-0.39, 0.29) is 11.1 Å². The summed E-state index contributed by atoms with van der Waals surface area (Å²) < 4.78 is 57.6. The van der Waals surface area contributed by atoms with Gasteiger partial charge >= 0.3 is 6.61 Å². The first kappa shape index (κ1) is 20.2. The predicted octanol–water partition coefficient (Wildman–Crippen LogP) is 7.51. The molecule has 0 saturated carbocycles. The van der Waals surface area contributed by atoms with E-state index in [0.29, 0.717) is 5.39 Å². The number of alkyl halides is 2. The van der Waals surface area contributed by atoms with Gasteiger partial charge in [0.15, 0.2) is 11.6 Å². The summed E-state index contributed by atoms with van der Waals surface area (Å²) in [6.45, 7) is -0.948. The lowest BCUT2D eigenvalue weighted by Crippen LogP contribution is -2.03. The van der Waals surface area contributed by atoms with Gasteiger partial charge in [0.2, 0.25) is 0 Å². The van der Waals surface area contributed by atoms with Crippen molar-refractivity contribution in [1.29, 1.82) is 0 Å². The second-order valence-electron chi connectivity index (χ2n) is 6.82. The van der Waals surface area contributed by atoms with Gasteiger partial charge in [-0.05, 0) is 41.5 Å². The average molecular weight is 390 g/mol. The van der Waals surface area contributed by atoms with E-state index in [9.17, 15) is 13.2 Å². The van der Waals surface area contributed by atoms with Crippen molar-refractivity contribution in [3.05, 3.63) is 65.7 Å². The van der Waals surface area contributed by atoms with Crippen LogP contribution in [0.25, 0.3) is 21.9 Å². The summed E-state index contributed by atoms with van der Waals surface area (Å²) in [4.78, 5) is 0. The predicted molar refractivity (Wildman–Crippen MR) is 104 cm³/mol. The number of ether oxygens (including phenoxy) is 1. The number of fused-ring (bicyclic) bond motifs is 1. The Labute approximate surface area is 162 Å². The van der Waals surface area contributed by atoms with Crippen LogP contribution in [0, 0.1) is 11.6 Å². The van der Waals surface area contributed by atoms with Crippen LogP contribution in [0.3, 0.4) is 0 Å². The molecule has 0 saturated heterocycles. The summed E-state index contributed by atoms with van der Waals surface area (Å²) >= 11 is 0. The molecule has 0 unspecified atom stereocenters. The molecule has 0 heterocycles. The zero-order valence-electron chi connectivity index (χ0n) is 15.7. The summed E-state index contributed by atoms with van der Waals surface area (Å²) in [6, 6.07) is 12.5. The Morgan fingerprint density at radius 1 is 0.893 bits per heavy atom. The van der Waals surface area contributed by atoms with Crippen LogP contribution in [-0.4, -0.2) is 6.61 Å². The summed E-state index contributed by atoms with van der Waals surface area (Å²) in [6.07, 6.45) is 5.63. The molecule has 0 bridgehead atoms.